The minimum Gasteiger partial charge on any atom is -0.494 e. The molecule has 7 nitrogen and oxygen atoms in total. The first-order chi connectivity index (χ1) is 12.8. The van der Waals surface area contributed by atoms with Crippen LogP contribution in [0.4, 0.5) is 11.4 Å². The maximum absolute atomic E-state index is 12.1. The Hall–Kier alpha value is -3.09. The van der Waals surface area contributed by atoms with Gasteiger partial charge in [0.25, 0.3) is 11.6 Å². The number of nitro benzene ring substituents is 1. The Morgan fingerprint density at radius 3 is 2.44 bits per heavy atom. The van der Waals surface area contributed by atoms with Gasteiger partial charge in [-0.05, 0) is 50.6 Å². The van der Waals surface area contributed by atoms with Crippen molar-refractivity contribution >= 4 is 17.3 Å². The number of carbonyl (C=O) groups excluding carboxylic acids is 1. The molecule has 0 saturated heterocycles. The van der Waals surface area contributed by atoms with Crippen LogP contribution in [-0.2, 0) is 6.54 Å². The lowest BCUT2D eigenvalue weighted by Gasteiger charge is -2.20. The van der Waals surface area contributed by atoms with Gasteiger partial charge in [-0.2, -0.15) is 0 Å². The van der Waals surface area contributed by atoms with E-state index >= 15 is 0 Å². The summed E-state index contributed by atoms with van der Waals surface area (Å²) < 4.78 is 5.42. The number of nitrogens with one attached hydrogen (secondary N) is 1. The molecule has 7 heteroatoms. The van der Waals surface area contributed by atoms with E-state index in [4.69, 9.17) is 4.74 Å². The summed E-state index contributed by atoms with van der Waals surface area (Å²) in [6, 6.07) is 12.1. The molecule has 2 aromatic carbocycles. The van der Waals surface area contributed by atoms with E-state index in [-0.39, 0.29) is 23.2 Å². The Morgan fingerprint density at radius 1 is 1.22 bits per heavy atom. The quantitative estimate of drug-likeness (QED) is 0.564. The lowest BCUT2D eigenvalue weighted by atomic mass is 10.1. The fourth-order valence-electron chi connectivity index (χ4n) is 2.70. The molecule has 0 unspecified atom stereocenters. The van der Waals surface area contributed by atoms with Crippen molar-refractivity contribution in [1.82, 2.24) is 5.32 Å². The highest BCUT2D eigenvalue weighted by Crippen LogP contribution is 2.29. The molecule has 144 valence electrons. The molecule has 0 radical (unpaired) electrons. The summed E-state index contributed by atoms with van der Waals surface area (Å²) >= 11 is 0. The summed E-state index contributed by atoms with van der Waals surface area (Å²) in [5, 5.41) is 14.3. The summed E-state index contributed by atoms with van der Waals surface area (Å²) in [5.41, 5.74) is 1.63. The van der Waals surface area contributed by atoms with E-state index in [9.17, 15) is 14.9 Å². The van der Waals surface area contributed by atoms with Crippen molar-refractivity contribution in [2.24, 2.45) is 0 Å². The molecule has 0 saturated carbocycles. The van der Waals surface area contributed by atoms with Gasteiger partial charge in [0, 0.05) is 31.3 Å². The minimum atomic E-state index is -0.462. The largest absolute Gasteiger partial charge is 0.494 e. The zero-order valence-corrected chi connectivity index (χ0v) is 16.1. The average molecular weight is 371 g/mol. The average Bonchev–Trinajstić information content (AvgIpc) is 2.62. The molecular formula is C20H25N3O4. The van der Waals surface area contributed by atoms with Gasteiger partial charge in [-0.1, -0.05) is 12.1 Å². The predicted molar refractivity (Wildman–Crippen MR) is 105 cm³/mol. The molecule has 0 aliphatic rings. The number of carbonyl (C=O) groups is 1. The lowest BCUT2D eigenvalue weighted by molar-refractivity contribution is -0.384. The standard InChI is InChI=1S/C20H25N3O4/c1-5-27-17-9-6-15(7-10-17)13-22(4)18-11-8-16(12-19(18)23(25)26)20(24)21-14(2)3/h6-12,14H,5,13H2,1-4H3,(H,21,24). The monoisotopic (exact) mass is 371 g/mol. The molecule has 0 bridgehead atoms. The molecule has 27 heavy (non-hydrogen) atoms. The second-order valence-electron chi connectivity index (χ2n) is 6.52. The van der Waals surface area contributed by atoms with Gasteiger partial charge in [0.1, 0.15) is 11.4 Å². The summed E-state index contributed by atoms with van der Waals surface area (Å²) in [6.07, 6.45) is 0. The third-order valence-electron chi connectivity index (χ3n) is 3.92. The molecule has 0 spiro atoms. The zero-order valence-electron chi connectivity index (χ0n) is 16.1. The first-order valence-corrected chi connectivity index (χ1v) is 8.84. The van der Waals surface area contributed by atoms with E-state index in [1.807, 2.05) is 45.0 Å². The SMILES string of the molecule is CCOc1ccc(CN(C)c2ccc(C(=O)NC(C)C)cc2[N+](=O)[O-])cc1. The molecule has 0 fully saturated rings. The van der Waals surface area contributed by atoms with Crippen molar-refractivity contribution in [2.75, 3.05) is 18.6 Å². The highest BCUT2D eigenvalue weighted by atomic mass is 16.6. The molecule has 0 aliphatic heterocycles. The molecule has 0 aliphatic carbocycles. The van der Waals surface area contributed by atoms with Crippen molar-refractivity contribution in [3.63, 3.8) is 0 Å². The van der Waals surface area contributed by atoms with Crippen LogP contribution < -0.4 is 15.0 Å². The third-order valence-corrected chi connectivity index (χ3v) is 3.92. The van der Waals surface area contributed by atoms with Crippen LogP contribution in [0.2, 0.25) is 0 Å². The van der Waals surface area contributed by atoms with Crippen molar-refractivity contribution in [3.05, 3.63) is 63.7 Å². The van der Waals surface area contributed by atoms with Gasteiger partial charge in [-0.3, -0.25) is 14.9 Å². The number of benzene rings is 2. The van der Waals surface area contributed by atoms with E-state index in [0.29, 0.717) is 18.8 Å². The topological polar surface area (TPSA) is 84.7 Å². The zero-order chi connectivity index (χ0) is 20.0. The smallest absolute Gasteiger partial charge is 0.293 e. The Morgan fingerprint density at radius 2 is 1.89 bits per heavy atom. The number of nitrogens with zero attached hydrogens (tertiary/aromatic N) is 2. The van der Waals surface area contributed by atoms with Gasteiger partial charge in [0.2, 0.25) is 0 Å². The number of nitro groups is 1. The Balaban J connectivity index is 2.22. The van der Waals surface area contributed by atoms with Gasteiger partial charge >= 0.3 is 0 Å². The Bertz CT molecular complexity index is 803. The maximum Gasteiger partial charge on any atom is 0.293 e. The van der Waals surface area contributed by atoms with Gasteiger partial charge in [-0.15, -0.1) is 0 Å². The summed E-state index contributed by atoms with van der Waals surface area (Å²) in [6.45, 7) is 6.69. The van der Waals surface area contributed by atoms with E-state index in [2.05, 4.69) is 5.32 Å². The molecule has 2 aromatic rings. The number of anilines is 1. The first-order valence-electron chi connectivity index (χ1n) is 8.84. The highest BCUT2D eigenvalue weighted by molar-refractivity contribution is 5.95. The molecule has 1 amide bonds. The second-order valence-corrected chi connectivity index (χ2v) is 6.52. The van der Waals surface area contributed by atoms with Crippen LogP contribution in [0.1, 0.15) is 36.7 Å². The van der Waals surface area contributed by atoms with Crippen LogP contribution in [-0.4, -0.2) is 30.5 Å². The van der Waals surface area contributed by atoms with Crippen LogP contribution >= 0.6 is 0 Å². The van der Waals surface area contributed by atoms with Gasteiger partial charge in [0.15, 0.2) is 0 Å². The van der Waals surface area contributed by atoms with Crippen LogP contribution in [0, 0.1) is 10.1 Å². The van der Waals surface area contributed by atoms with Gasteiger partial charge < -0.3 is 15.0 Å². The third kappa shape index (κ3) is 5.44. The number of hydrogen-bond donors (Lipinski definition) is 1. The molecule has 0 heterocycles. The molecule has 1 N–H and O–H groups in total. The fourth-order valence-corrected chi connectivity index (χ4v) is 2.70. The maximum atomic E-state index is 12.1. The number of rotatable bonds is 8. The molecule has 0 aromatic heterocycles. The van der Waals surface area contributed by atoms with Gasteiger partial charge in [0.05, 0.1) is 11.5 Å². The van der Waals surface area contributed by atoms with Crippen LogP contribution in [0.15, 0.2) is 42.5 Å². The summed E-state index contributed by atoms with van der Waals surface area (Å²) in [7, 11) is 1.78. The van der Waals surface area contributed by atoms with Crippen molar-refractivity contribution in [2.45, 2.75) is 33.4 Å². The first kappa shape index (κ1) is 20.2. The Labute approximate surface area is 159 Å². The van der Waals surface area contributed by atoms with Crippen molar-refractivity contribution < 1.29 is 14.5 Å². The number of hydrogen-bond acceptors (Lipinski definition) is 5. The van der Waals surface area contributed by atoms with Crippen molar-refractivity contribution in [1.29, 1.82) is 0 Å². The highest BCUT2D eigenvalue weighted by Gasteiger charge is 2.20. The van der Waals surface area contributed by atoms with Crippen LogP contribution in [0.3, 0.4) is 0 Å². The van der Waals surface area contributed by atoms with E-state index in [0.717, 1.165) is 11.3 Å². The van der Waals surface area contributed by atoms with Crippen LogP contribution in [0.5, 0.6) is 5.75 Å². The molecular weight excluding hydrogens is 346 g/mol. The normalized spacial score (nSPS) is 10.6. The summed E-state index contributed by atoms with van der Waals surface area (Å²) in [5.74, 6) is 0.462. The fraction of sp³-hybridized carbons (Fsp3) is 0.350. The predicted octanol–water partition coefficient (Wildman–Crippen LogP) is 3.77. The summed E-state index contributed by atoms with van der Waals surface area (Å²) in [4.78, 5) is 25.0. The minimum absolute atomic E-state index is 0.0430. The van der Waals surface area contributed by atoms with Crippen molar-refractivity contribution in [3.8, 4) is 5.75 Å². The lowest BCUT2D eigenvalue weighted by Crippen LogP contribution is -2.30. The number of amides is 1. The molecule has 2 rings (SSSR count). The molecule has 0 atom stereocenters. The Kier molecular flexibility index (Phi) is 6.76. The number of ether oxygens (including phenoxy) is 1. The van der Waals surface area contributed by atoms with E-state index < -0.39 is 4.92 Å². The van der Waals surface area contributed by atoms with Crippen LogP contribution in [0.25, 0.3) is 0 Å². The van der Waals surface area contributed by atoms with Gasteiger partial charge in [-0.25, -0.2) is 0 Å². The van der Waals surface area contributed by atoms with E-state index in [1.54, 1.807) is 24.1 Å². The second kappa shape index (κ2) is 9.02. The van der Waals surface area contributed by atoms with E-state index in [1.165, 1.54) is 6.07 Å².